The minimum Gasteiger partial charge on any atom is -0.383 e. The Hall–Kier alpha value is -1.06. The molecule has 3 heteroatoms. The summed E-state index contributed by atoms with van der Waals surface area (Å²) >= 11 is 0. The highest BCUT2D eigenvalue weighted by molar-refractivity contribution is 5.58. The van der Waals surface area contributed by atoms with Crippen molar-refractivity contribution in [1.29, 1.82) is 0 Å². The number of nitrogens with zero attached hydrogens (tertiary/aromatic N) is 1. The zero-order valence-corrected chi connectivity index (χ0v) is 11.0. The van der Waals surface area contributed by atoms with Crippen LogP contribution in [-0.4, -0.2) is 33.4 Å². The molecule has 0 amide bonds. The largest absolute Gasteiger partial charge is 0.383 e. The van der Waals surface area contributed by atoms with Crippen LogP contribution in [0.15, 0.2) is 18.2 Å². The van der Waals surface area contributed by atoms with Gasteiger partial charge in [-0.15, -0.1) is 0 Å². The molecule has 1 aromatic rings. The molecule has 1 aromatic carbocycles. The molecule has 2 rings (SSSR count). The van der Waals surface area contributed by atoms with Crippen molar-refractivity contribution >= 4 is 5.69 Å². The van der Waals surface area contributed by atoms with Crippen LogP contribution < -0.4 is 10.2 Å². The topological polar surface area (TPSA) is 24.5 Å². The highest BCUT2D eigenvalue weighted by Gasteiger charge is 2.15. The predicted octanol–water partition coefficient (Wildman–Crippen LogP) is 1.80. The molecule has 0 bridgehead atoms. The van der Waals surface area contributed by atoms with Gasteiger partial charge in [0.1, 0.15) is 0 Å². The van der Waals surface area contributed by atoms with Gasteiger partial charge < -0.3 is 15.0 Å². The summed E-state index contributed by atoms with van der Waals surface area (Å²) in [6.45, 7) is 4.96. The van der Waals surface area contributed by atoms with Gasteiger partial charge in [0.05, 0.1) is 6.61 Å². The molecule has 1 heterocycles. The van der Waals surface area contributed by atoms with Crippen molar-refractivity contribution < 1.29 is 4.74 Å². The first-order valence-corrected chi connectivity index (χ1v) is 6.26. The van der Waals surface area contributed by atoms with Crippen LogP contribution in [0.25, 0.3) is 0 Å². The van der Waals surface area contributed by atoms with E-state index < -0.39 is 0 Å². The lowest BCUT2D eigenvalue weighted by molar-refractivity contribution is 0.171. The minimum absolute atomic E-state index is 0.399. The number of hydrogen-bond acceptors (Lipinski definition) is 3. The molecular weight excluding hydrogens is 212 g/mol. The molecule has 1 unspecified atom stereocenters. The summed E-state index contributed by atoms with van der Waals surface area (Å²) < 4.78 is 5.11. The Morgan fingerprint density at radius 1 is 1.47 bits per heavy atom. The molecule has 94 valence electrons. The van der Waals surface area contributed by atoms with Crippen LogP contribution >= 0.6 is 0 Å². The number of fused-ring (bicyclic) bond motifs is 1. The van der Waals surface area contributed by atoms with Crippen LogP contribution in [0.2, 0.25) is 0 Å². The molecular formula is C14H22N2O. The van der Waals surface area contributed by atoms with E-state index in [1.54, 1.807) is 7.11 Å². The fourth-order valence-electron chi connectivity index (χ4n) is 2.33. The van der Waals surface area contributed by atoms with Gasteiger partial charge in [-0.25, -0.2) is 0 Å². The van der Waals surface area contributed by atoms with Crippen LogP contribution in [0.4, 0.5) is 5.69 Å². The Kier molecular flexibility index (Phi) is 4.02. The zero-order chi connectivity index (χ0) is 12.3. The molecule has 0 saturated carbocycles. The number of methoxy groups -OCH3 is 1. The van der Waals surface area contributed by atoms with Crippen molar-refractivity contribution in [2.45, 2.75) is 25.9 Å². The van der Waals surface area contributed by atoms with E-state index >= 15 is 0 Å². The Morgan fingerprint density at radius 3 is 3.06 bits per heavy atom. The van der Waals surface area contributed by atoms with E-state index in [9.17, 15) is 0 Å². The number of hydrogen-bond donors (Lipinski definition) is 1. The monoisotopic (exact) mass is 234 g/mol. The molecule has 1 atom stereocenters. The van der Waals surface area contributed by atoms with Gasteiger partial charge >= 0.3 is 0 Å². The van der Waals surface area contributed by atoms with Crippen LogP contribution in [-0.2, 0) is 17.7 Å². The van der Waals surface area contributed by atoms with E-state index in [-0.39, 0.29) is 0 Å². The second kappa shape index (κ2) is 5.52. The minimum atomic E-state index is 0.399. The third-order valence-corrected chi connectivity index (χ3v) is 3.34. The Bertz CT molecular complexity index is 378. The Balaban J connectivity index is 1.94. The number of likely N-dealkylation sites (N-methyl/N-ethyl adjacent to an activating group) is 1. The number of rotatable bonds is 5. The quantitative estimate of drug-likeness (QED) is 0.841. The summed E-state index contributed by atoms with van der Waals surface area (Å²) in [5.74, 6) is 0. The van der Waals surface area contributed by atoms with Gasteiger partial charge in [-0.05, 0) is 30.5 Å². The number of benzene rings is 1. The van der Waals surface area contributed by atoms with Crippen LogP contribution in [0.3, 0.4) is 0 Å². The fourth-order valence-corrected chi connectivity index (χ4v) is 2.33. The smallest absolute Gasteiger partial charge is 0.0613 e. The van der Waals surface area contributed by atoms with Gasteiger partial charge in [-0.3, -0.25) is 0 Å². The van der Waals surface area contributed by atoms with Crippen molar-refractivity contribution in [2.24, 2.45) is 0 Å². The Morgan fingerprint density at radius 2 is 2.29 bits per heavy atom. The zero-order valence-electron chi connectivity index (χ0n) is 11.0. The molecule has 17 heavy (non-hydrogen) atoms. The molecule has 1 aliphatic heterocycles. The van der Waals surface area contributed by atoms with Crippen molar-refractivity contribution in [3.8, 4) is 0 Å². The first-order chi connectivity index (χ1) is 8.20. The van der Waals surface area contributed by atoms with E-state index in [0.29, 0.717) is 6.04 Å². The van der Waals surface area contributed by atoms with Crippen LogP contribution in [0.1, 0.15) is 18.1 Å². The lowest BCUT2D eigenvalue weighted by atomic mass is 10.1. The molecule has 1 aliphatic rings. The summed E-state index contributed by atoms with van der Waals surface area (Å²) in [4.78, 5) is 2.32. The van der Waals surface area contributed by atoms with Crippen LogP contribution in [0.5, 0.6) is 0 Å². The maximum absolute atomic E-state index is 5.11. The maximum Gasteiger partial charge on any atom is 0.0613 e. The lowest BCUT2D eigenvalue weighted by Crippen LogP contribution is -2.29. The second-order valence-corrected chi connectivity index (χ2v) is 4.87. The van der Waals surface area contributed by atoms with E-state index in [4.69, 9.17) is 4.74 Å². The molecule has 0 spiro atoms. The molecule has 3 nitrogen and oxygen atoms in total. The van der Waals surface area contributed by atoms with Gasteiger partial charge in [0, 0.05) is 39.0 Å². The average Bonchev–Trinajstić information content (AvgIpc) is 2.69. The first kappa shape index (κ1) is 12.4. The molecule has 0 radical (unpaired) electrons. The number of anilines is 1. The molecule has 0 aliphatic carbocycles. The third kappa shape index (κ3) is 2.99. The average molecular weight is 234 g/mol. The third-order valence-electron chi connectivity index (χ3n) is 3.34. The first-order valence-electron chi connectivity index (χ1n) is 6.26. The standard InChI is InChI=1S/C14H22N2O/c1-11(10-17-3)15-9-12-4-5-14-13(8-12)6-7-16(14)2/h4-5,8,11,15H,6-7,9-10H2,1-3H3. The van der Waals surface area contributed by atoms with Crippen molar-refractivity contribution in [1.82, 2.24) is 5.32 Å². The van der Waals surface area contributed by atoms with Gasteiger partial charge in [0.25, 0.3) is 0 Å². The van der Waals surface area contributed by atoms with Crippen molar-refractivity contribution in [2.75, 3.05) is 32.2 Å². The summed E-state index contributed by atoms with van der Waals surface area (Å²) in [6.07, 6.45) is 1.17. The maximum atomic E-state index is 5.11. The second-order valence-electron chi connectivity index (χ2n) is 4.87. The predicted molar refractivity (Wildman–Crippen MR) is 71.6 cm³/mol. The van der Waals surface area contributed by atoms with Gasteiger partial charge in [-0.1, -0.05) is 12.1 Å². The van der Waals surface area contributed by atoms with E-state index in [1.165, 1.54) is 23.2 Å². The summed E-state index contributed by atoms with van der Waals surface area (Å²) in [6, 6.07) is 7.18. The highest BCUT2D eigenvalue weighted by Crippen LogP contribution is 2.27. The molecule has 0 fully saturated rings. The van der Waals surface area contributed by atoms with Gasteiger partial charge in [0.15, 0.2) is 0 Å². The van der Waals surface area contributed by atoms with Gasteiger partial charge in [0.2, 0.25) is 0 Å². The van der Waals surface area contributed by atoms with E-state index in [2.05, 4.69) is 42.4 Å². The van der Waals surface area contributed by atoms with Crippen LogP contribution in [0, 0.1) is 0 Å². The summed E-state index contributed by atoms with van der Waals surface area (Å²) in [5.41, 5.74) is 4.23. The molecule has 0 aromatic heterocycles. The fraction of sp³-hybridized carbons (Fsp3) is 0.571. The number of nitrogens with one attached hydrogen (secondary N) is 1. The molecule has 1 N–H and O–H groups in total. The van der Waals surface area contributed by atoms with Crippen molar-refractivity contribution in [3.63, 3.8) is 0 Å². The highest BCUT2D eigenvalue weighted by atomic mass is 16.5. The van der Waals surface area contributed by atoms with Gasteiger partial charge in [-0.2, -0.15) is 0 Å². The summed E-state index contributed by atoms with van der Waals surface area (Å²) in [7, 11) is 3.90. The summed E-state index contributed by atoms with van der Waals surface area (Å²) in [5, 5.41) is 3.46. The lowest BCUT2D eigenvalue weighted by Gasteiger charge is -2.14. The molecule has 0 saturated heterocycles. The number of ether oxygens (including phenoxy) is 1. The van der Waals surface area contributed by atoms with E-state index in [0.717, 1.165) is 19.7 Å². The SMILES string of the molecule is COCC(C)NCc1ccc2c(c1)CCN2C. The van der Waals surface area contributed by atoms with Crippen molar-refractivity contribution in [3.05, 3.63) is 29.3 Å². The Labute approximate surface area is 104 Å². The van der Waals surface area contributed by atoms with E-state index in [1.807, 2.05) is 0 Å². The normalized spacial score (nSPS) is 16.1.